The number of hydrogen-bond acceptors (Lipinski definition) is 6. The Bertz CT molecular complexity index is 1490. The van der Waals surface area contributed by atoms with Gasteiger partial charge in [-0.3, -0.25) is 9.69 Å². The maximum atomic E-state index is 14.1. The molecule has 1 aliphatic rings. The lowest BCUT2D eigenvalue weighted by Gasteiger charge is -2.45. The van der Waals surface area contributed by atoms with Gasteiger partial charge in [-0.1, -0.05) is 75.4 Å². The zero-order chi connectivity index (χ0) is 32.3. The zero-order valence-electron chi connectivity index (χ0n) is 27.2. The van der Waals surface area contributed by atoms with Crippen LogP contribution in [0.2, 0.25) is 18.1 Å². The molecule has 0 aliphatic carbocycles. The van der Waals surface area contributed by atoms with Gasteiger partial charge < -0.3 is 19.2 Å². The summed E-state index contributed by atoms with van der Waals surface area (Å²) >= 11 is 0. The predicted octanol–water partition coefficient (Wildman–Crippen LogP) is 7.89. The summed E-state index contributed by atoms with van der Waals surface area (Å²) in [6, 6.07) is 22.0. The number of carbonyl (C=O) groups is 3. The quantitative estimate of drug-likeness (QED) is 0.172. The van der Waals surface area contributed by atoms with Crippen molar-refractivity contribution in [3.8, 4) is 0 Å². The molecule has 0 saturated carbocycles. The van der Waals surface area contributed by atoms with E-state index >= 15 is 0 Å². The molecule has 0 radical (unpaired) electrons. The molecule has 3 aromatic carbocycles. The summed E-state index contributed by atoms with van der Waals surface area (Å²) in [6.07, 6.45) is -0.584. The molecule has 1 saturated heterocycles. The molecule has 1 N–H and O–H groups in total. The minimum atomic E-state index is -2.55. The maximum Gasteiger partial charge on any atom is 0.411 e. The molecular formula is C35H46N2O6Si. The number of likely N-dealkylation sites (tertiary alicyclic amines) is 1. The van der Waals surface area contributed by atoms with Crippen molar-refractivity contribution >= 4 is 37.1 Å². The third kappa shape index (κ3) is 7.87. The largest absolute Gasteiger partial charge is 0.444 e. The standard InChI is InChI=1S/C35H46N2O6Si/c1-33(2,3)42-32(40)37-23-15-22-35(43-44(7,8)34(4,5)6,24-29(37)36-30(38)26-17-10-9-11-18-26)41-31(39)28-21-14-19-25-16-12-13-20-27(25)28/h9-14,16-21,29H,15,22-24H2,1-8H3,(H,36,38). The van der Waals surface area contributed by atoms with Gasteiger partial charge in [0.15, 0.2) is 8.32 Å². The van der Waals surface area contributed by atoms with E-state index in [0.717, 1.165) is 10.8 Å². The van der Waals surface area contributed by atoms with Gasteiger partial charge in [0.25, 0.3) is 5.91 Å². The van der Waals surface area contributed by atoms with Crippen LogP contribution < -0.4 is 5.32 Å². The molecular weight excluding hydrogens is 572 g/mol. The van der Waals surface area contributed by atoms with Gasteiger partial charge in [0.1, 0.15) is 11.8 Å². The van der Waals surface area contributed by atoms with Crippen LogP contribution >= 0.6 is 0 Å². The van der Waals surface area contributed by atoms with Gasteiger partial charge >= 0.3 is 12.1 Å². The molecule has 2 atom stereocenters. The Morgan fingerprint density at radius 1 is 0.886 bits per heavy atom. The molecule has 4 rings (SSSR count). The Morgan fingerprint density at radius 3 is 2.18 bits per heavy atom. The van der Waals surface area contributed by atoms with Gasteiger partial charge in [0.05, 0.1) is 12.0 Å². The number of esters is 1. The van der Waals surface area contributed by atoms with E-state index in [9.17, 15) is 14.4 Å². The number of benzene rings is 3. The van der Waals surface area contributed by atoms with E-state index in [1.165, 1.54) is 4.90 Å². The van der Waals surface area contributed by atoms with E-state index in [0.29, 0.717) is 24.0 Å². The van der Waals surface area contributed by atoms with Crippen LogP contribution in [-0.2, 0) is 13.9 Å². The topological polar surface area (TPSA) is 94.2 Å². The number of nitrogens with one attached hydrogen (secondary N) is 1. The molecule has 0 aromatic heterocycles. The summed E-state index contributed by atoms with van der Waals surface area (Å²) < 4.78 is 19.3. The molecule has 8 nitrogen and oxygen atoms in total. The zero-order valence-corrected chi connectivity index (χ0v) is 28.2. The number of amides is 2. The van der Waals surface area contributed by atoms with Crippen LogP contribution in [0.3, 0.4) is 0 Å². The molecule has 2 amide bonds. The van der Waals surface area contributed by atoms with E-state index in [2.05, 4.69) is 39.2 Å². The van der Waals surface area contributed by atoms with Gasteiger partial charge in [0.2, 0.25) is 5.79 Å². The lowest BCUT2D eigenvalue weighted by Crippen LogP contribution is -2.57. The molecule has 1 heterocycles. The minimum absolute atomic E-state index is 0.0355. The Balaban J connectivity index is 1.78. The van der Waals surface area contributed by atoms with E-state index < -0.39 is 37.9 Å². The van der Waals surface area contributed by atoms with Crippen molar-refractivity contribution in [1.29, 1.82) is 0 Å². The molecule has 1 fully saturated rings. The average molecular weight is 619 g/mol. The SMILES string of the molecule is CC(C)(C)OC(=O)N1CCCC(OC(=O)c2cccc3ccccc23)(O[Si](C)(C)C(C)(C)C)CC1NC(=O)c1ccccc1. The van der Waals surface area contributed by atoms with Crippen LogP contribution in [-0.4, -0.2) is 55.3 Å². The summed E-state index contributed by atoms with van der Waals surface area (Å²) in [5, 5.41) is 4.54. The van der Waals surface area contributed by atoms with Crippen molar-refractivity contribution in [3.63, 3.8) is 0 Å². The summed E-state index contributed by atoms with van der Waals surface area (Å²) in [6.45, 7) is 16.3. The second kappa shape index (κ2) is 12.7. The Labute approximate surface area is 262 Å². The molecule has 0 bridgehead atoms. The molecule has 0 spiro atoms. The third-order valence-corrected chi connectivity index (χ3v) is 12.8. The van der Waals surface area contributed by atoms with Crippen LogP contribution in [0, 0.1) is 0 Å². The molecule has 236 valence electrons. The summed E-state index contributed by atoms with van der Waals surface area (Å²) in [5.74, 6) is -2.28. The smallest absolute Gasteiger partial charge is 0.411 e. The summed E-state index contributed by atoms with van der Waals surface area (Å²) in [5.41, 5.74) is 0.136. The highest BCUT2D eigenvalue weighted by molar-refractivity contribution is 6.74. The monoisotopic (exact) mass is 618 g/mol. The maximum absolute atomic E-state index is 14.1. The molecule has 1 aliphatic heterocycles. The fraction of sp³-hybridized carbons (Fsp3) is 0.457. The van der Waals surface area contributed by atoms with Crippen LogP contribution in [0.5, 0.6) is 0 Å². The van der Waals surface area contributed by atoms with E-state index in [1.807, 2.05) is 42.5 Å². The first-order valence-electron chi connectivity index (χ1n) is 15.3. The van der Waals surface area contributed by atoms with Crippen molar-refractivity contribution in [3.05, 3.63) is 83.9 Å². The number of carbonyl (C=O) groups excluding carboxylic acids is 3. The predicted molar refractivity (Wildman–Crippen MR) is 175 cm³/mol. The number of ether oxygens (including phenoxy) is 2. The van der Waals surface area contributed by atoms with Crippen LogP contribution in [0.15, 0.2) is 72.8 Å². The van der Waals surface area contributed by atoms with Crippen molar-refractivity contribution < 1.29 is 28.3 Å². The average Bonchev–Trinajstić information content (AvgIpc) is 3.10. The second-order valence-corrected chi connectivity index (χ2v) is 18.8. The van der Waals surface area contributed by atoms with Gasteiger partial charge in [-0.05, 0) is 74.3 Å². The highest BCUT2D eigenvalue weighted by Crippen LogP contribution is 2.43. The molecule has 2 unspecified atom stereocenters. The van der Waals surface area contributed by atoms with E-state index in [1.54, 1.807) is 51.1 Å². The summed E-state index contributed by atoms with van der Waals surface area (Å²) in [4.78, 5) is 42.6. The minimum Gasteiger partial charge on any atom is -0.444 e. The number of fused-ring (bicyclic) bond motifs is 1. The highest BCUT2D eigenvalue weighted by Gasteiger charge is 2.51. The van der Waals surface area contributed by atoms with Gasteiger partial charge in [0, 0.05) is 18.5 Å². The Hall–Kier alpha value is -3.69. The van der Waals surface area contributed by atoms with E-state index in [4.69, 9.17) is 13.9 Å². The fourth-order valence-electron chi connectivity index (χ4n) is 5.13. The van der Waals surface area contributed by atoms with Crippen molar-refractivity contribution in [2.45, 2.75) is 96.5 Å². The van der Waals surface area contributed by atoms with E-state index in [-0.39, 0.29) is 23.9 Å². The fourth-order valence-corrected chi connectivity index (χ4v) is 6.59. The number of hydrogen-bond donors (Lipinski definition) is 1. The van der Waals surface area contributed by atoms with Gasteiger partial charge in [-0.15, -0.1) is 0 Å². The Morgan fingerprint density at radius 2 is 1.52 bits per heavy atom. The number of nitrogens with zero attached hydrogens (tertiary/aromatic N) is 1. The van der Waals surface area contributed by atoms with Gasteiger partial charge in [-0.25, -0.2) is 9.59 Å². The van der Waals surface area contributed by atoms with Crippen molar-refractivity contribution in [2.75, 3.05) is 6.54 Å². The molecule has 9 heteroatoms. The first-order chi connectivity index (χ1) is 20.5. The lowest BCUT2D eigenvalue weighted by atomic mass is 10.0. The third-order valence-electron chi connectivity index (χ3n) is 8.33. The van der Waals surface area contributed by atoms with Gasteiger partial charge in [-0.2, -0.15) is 0 Å². The first kappa shape index (κ1) is 33.2. The molecule has 3 aromatic rings. The first-order valence-corrected chi connectivity index (χ1v) is 18.2. The van der Waals surface area contributed by atoms with Crippen LogP contribution in [0.4, 0.5) is 4.79 Å². The van der Waals surface area contributed by atoms with Crippen LogP contribution in [0.25, 0.3) is 10.8 Å². The summed E-state index contributed by atoms with van der Waals surface area (Å²) in [7, 11) is -2.55. The second-order valence-electron chi connectivity index (χ2n) is 14.0. The highest BCUT2D eigenvalue weighted by atomic mass is 28.4. The number of rotatable bonds is 6. The van der Waals surface area contributed by atoms with Crippen molar-refractivity contribution in [1.82, 2.24) is 10.2 Å². The lowest BCUT2D eigenvalue weighted by molar-refractivity contribution is -0.166. The molecule has 44 heavy (non-hydrogen) atoms. The van der Waals surface area contributed by atoms with Crippen LogP contribution in [0.1, 0.15) is 81.5 Å². The van der Waals surface area contributed by atoms with Crippen molar-refractivity contribution in [2.24, 2.45) is 0 Å². The normalized spacial score (nSPS) is 19.6. The Kier molecular flexibility index (Phi) is 9.61.